The molecule has 6 nitrogen and oxygen atoms in total. The zero-order chi connectivity index (χ0) is 17.1. The van der Waals surface area contributed by atoms with E-state index in [2.05, 4.69) is 29.2 Å². The topological polar surface area (TPSA) is 82.7 Å². The highest BCUT2D eigenvalue weighted by Gasteiger charge is 2.14. The summed E-state index contributed by atoms with van der Waals surface area (Å²) in [6, 6.07) is 11.4. The first-order valence-electron chi connectivity index (χ1n) is 8.04. The zero-order valence-electron chi connectivity index (χ0n) is 13.8. The van der Waals surface area contributed by atoms with Crippen molar-refractivity contribution in [1.29, 1.82) is 0 Å². The highest BCUT2D eigenvalue weighted by molar-refractivity contribution is 5.64. The molecule has 0 bridgehead atoms. The van der Waals surface area contributed by atoms with Crippen molar-refractivity contribution in [2.24, 2.45) is 5.92 Å². The molecule has 0 spiro atoms. The summed E-state index contributed by atoms with van der Waals surface area (Å²) in [5, 5.41) is 26.5. The average molecular weight is 326 g/mol. The van der Waals surface area contributed by atoms with E-state index in [0.29, 0.717) is 11.7 Å². The molecule has 1 aromatic carbocycles. The van der Waals surface area contributed by atoms with Gasteiger partial charge < -0.3 is 15.5 Å². The molecule has 0 fully saturated rings. The van der Waals surface area contributed by atoms with Crippen molar-refractivity contribution in [1.82, 2.24) is 14.6 Å². The third kappa shape index (κ3) is 3.25. The van der Waals surface area contributed by atoms with Crippen LogP contribution in [0.25, 0.3) is 16.9 Å². The SMILES string of the molecule is CC(C)[C@@H](CO)Nc1ccc2ncc(-c3ccc(CO)cc3)n2n1. The van der Waals surface area contributed by atoms with Crippen molar-refractivity contribution in [3.8, 4) is 11.3 Å². The predicted molar refractivity (Wildman–Crippen MR) is 93.7 cm³/mol. The molecule has 0 aliphatic rings. The lowest BCUT2D eigenvalue weighted by molar-refractivity contribution is 0.249. The van der Waals surface area contributed by atoms with Crippen LogP contribution in [-0.2, 0) is 6.61 Å². The monoisotopic (exact) mass is 326 g/mol. The third-order valence-electron chi connectivity index (χ3n) is 4.13. The highest BCUT2D eigenvalue weighted by atomic mass is 16.3. The van der Waals surface area contributed by atoms with Crippen LogP contribution in [0.1, 0.15) is 19.4 Å². The Kier molecular flexibility index (Phi) is 4.78. The van der Waals surface area contributed by atoms with E-state index in [-0.39, 0.29) is 19.3 Å². The molecule has 0 radical (unpaired) electrons. The lowest BCUT2D eigenvalue weighted by atomic mass is 10.1. The zero-order valence-corrected chi connectivity index (χ0v) is 13.8. The lowest BCUT2D eigenvalue weighted by Crippen LogP contribution is -2.30. The Morgan fingerprint density at radius 1 is 1.08 bits per heavy atom. The molecule has 6 heteroatoms. The molecular formula is C18H22N4O2. The Morgan fingerprint density at radius 3 is 2.46 bits per heavy atom. The molecule has 0 saturated carbocycles. The molecule has 24 heavy (non-hydrogen) atoms. The van der Waals surface area contributed by atoms with Gasteiger partial charge in [-0.1, -0.05) is 38.1 Å². The minimum atomic E-state index is -0.0502. The van der Waals surface area contributed by atoms with Crippen molar-refractivity contribution in [2.75, 3.05) is 11.9 Å². The molecule has 1 atom stereocenters. The maximum atomic E-state index is 9.48. The van der Waals surface area contributed by atoms with E-state index in [9.17, 15) is 5.11 Å². The van der Waals surface area contributed by atoms with Crippen LogP contribution in [0.4, 0.5) is 5.82 Å². The number of rotatable bonds is 6. The molecule has 0 amide bonds. The van der Waals surface area contributed by atoms with Crippen LogP contribution in [0, 0.1) is 5.92 Å². The van der Waals surface area contributed by atoms with Crippen LogP contribution >= 0.6 is 0 Å². The molecule has 0 unspecified atom stereocenters. The van der Waals surface area contributed by atoms with Gasteiger partial charge in [-0.25, -0.2) is 9.50 Å². The number of nitrogens with zero attached hydrogens (tertiary/aromatic N) is 3. The van der Waals surface area contributed by atoms with Crippen LogP contribution in [0.15, 0.2) is 42.6 Å². The van der Waals surface area contributed by atoms with Gasteiger partial charge in [0.1, 0.15) is 5.82 Å². The second kappa shape index (κ2) is 6.98. The number of aliphatic hydroxyl groups is 2. The van der Waals surface area contributed by atoms with Crippen molar-refractivity contribution < 1.29 is 10.2 Å². The molecule has 0 saturated heterocycles. The van der Waals surface area contributed by atoms with E-state index < -0.39 is 0 Å². The molecular weight excluding hydrogens is 304 g/mol. The van der Waals surface area contributed by atoms with Crippen molar-refractivity contribution in [2.45, 2.75) is 26.5 Å². The molecule has 3 N–H and O–H groups in total. The minimum absolute atomic E-state index is 0.0253. The van der Waals surface area contributed by atoms with Crippen LogP contribution in [-0.4, -0.2) is 37.5 Å². The maximum absolute atomic E-state index is 9.48. The van der Waals surface area contributed by atoms with Gasteiger partial charge in [0, 0.05) is 5.56 Å². The summed E-state index contributed by atoms with van der Waals surface area (Å²) in [5.41, 5.74) is 3.48. The van der Waals surface area contributed by atoms with Gasteiger partial charge in [-0.15, -0.1) is 5.10 Å². The molecule has 2 aromatic heterocycles. The molecule has 2 heterocycles. The number of aliphatic hydroxyl groups excluding tert-OH is 2. The Morgan fingerprint density at radius 2 is 1.83 bits per heavy atom. The summed E-state index contributed by atoms with van der Waals surface area (Å²) in [7, 11) is 0. The van der Waals surface area contributed by atoms with Crippen molar-refractivity contribution >= 4 is 11.5 Å². The fourth-order valence-electron chi connectivity index (χ4n) is 2.54. The Hall–Kier alpha value is -2.44. The van der Waals surface area contributed by atoms with Gasteiger partial charge in [0.25, 0.3) is 0 Å². The van der Waals surface area contributed by atoms with Gasteiger partial charge in [-0.3, -0.25) is 0 Å². The number of aromatic nitrogens is 3. The lowest BCUT2D eigenvalue weighted by Gasteiger charge is -2.20. The van der Waals surface area contributed by atoms with E-state index in [4.69, 9.17) is 5.11 Å². The Bertz CT molecular complexity index is 812. The second-order valence-corrected chi connectivity index (χ2v) is 6.16. The van der Waals surface area contributed by atoms with Crippen molar-refractivity contribution in [3.05, 3.63) is 48.2 Å². The summed E-state index contributed by atoms with van der Waals surface area (Å²) in [6.07, 6.45) is 1.78. The number of fused-ring (bicyclic) bond motifs is 1. The summed E-state index contributed by atoms with van der Waals surface area (Å²) in [4.78, 5) is 4.39. The fraction of sp³-hybridized carbons (Fsp3) is 0.333. The van der Waals surface area contributed by atoms with Gasteiger partial charge in [-0.05, 0) is 23.6 Å². The van der Waals surface area contributed by atoms with Gasteiger partial charge in [-0.2, -0.15) is 0 Å². The normalized spacial score (nSPS) is 12.7. The first-order chi connectivity index (χ1) is 11.6. The highest BCUT2D eigenvalue weighted by Crippen LogP contribution is 2.22. The first kappa shape index (κ1) is 16.4. The summed E-state index contributed by atoms with van der Waals surface area (Å²) in [5.74, 6) is 0.988. The molecule has 126 valence electrons. The van der Waals surface area contributed by atoms with Crippen LogP contribution in [0.5, 0.6) is 0 Å². The summed E-state index contributed by atoms with van der Waals surface area (Å²) in [6.45, 7) is 4.18. The largest absolute Gasteiger partial charge is 0.394 e. The third-order valence-corrected chi connectivity index (χ3v) is 4.13. The van der Waals surface area contributed by atoms with Crippen LogP contribution < -0.4 is 5.32 Å². The van der Waals surface area contributed by atoms with Gasteiger partial charge in [0.15, 0.2) is 5.65 Å². The van der Waals surface area contributed by atoms with E-state index in [1.54, 1.807) is 10.7 Å². The van der Waals surface area contributed by atoms with Gasteiger partial charge in [0.05, 0.1) is 31.1 Å². The fourth-order valence-corrected chi connectivity index (χ4v) is 2.54. The van der Waals surface area contributed by atoms with E-state index >= 15 is 0 Å². The van der Waals surface area contributed by atoms with E-state index in [0.717, 1.165) is 22.5 Å². The quantitative estimate of drug-likeness (QED) is 0.647. The Balaban J connectivity index is 1.96. The molecule has 3 rings (SSSR count). The molecule has 3 aromatic rings. The number of benzene rings is 1. The number of hydrogen-bond donors (Lipinski definition) is 3. The average Bonchev–Trinajstić information content (AvgIpc) is 3.02. The number of imidazole rings is 1. The number of hydrogen-bond acceptors (Lipinski definition) is 5. The first-order valence-corrected chi connectivity index (χ1v) is 8.04. The maximum Gasteiger partial charge on any atom is 0.154 e. The number of nitrogens with one attached hydrogen (secondary N) is 1. The summed E-state index contributed by atoms with van der Waals surface area (Å²) < 4.78 is 1.78. The smallest absolute Gasteiger partial charge is 0.154 e. The minimum Gasteiger partial charge on any atom is -0.394 e. The molecule has 0 aliphatic heterocycles. The number of anilines is 1. The van der Waals surface area contributed by atoms with E-state index in [1.807, 2.05) is 36.4 Å². The van der Waals surface area contributed by atoms with E-state index in [1.165, 1.54) is 0 Å². The van der Waals surface area contributed by atoms with Crippen LogP contribution in [0.2, 0.25) is 0 Å². The summed E-state index contributed by atoms with van der Waals surface area (Å²) >= 11 is 0. The standard InChI is InChI=1S/C18H22N4O2/c1-12(2)15(11-24)20-17-7-8-18-19-9-16(22(18)21-17)14-5-3-13(10-23)4-6-14/h3-9,12,15,23-24H,10-11H2,1-2H3,(H,20,21)/t15-/m1/s1. The van der Waals surface area contributed by atoms with Gasteiger partial charge >= 0.3 is 0 Å². The predicted octanol–water partition coefficient (Wildman–Crippen LogP) is 2.32. The second-order valence-electron chi connectivity index (χ2n) is 6.16. The van der Waals surface area contributed by atoms with Crippen molar-refractivity contribution in [3.63, 3.8) is 0 Å². The van der Waals surface area contributed by atoms with Gasteiger partial charge in [0.2, 0.25) is 0 Å². The molecule has 0 aliphatic carbocycles. The van der Waals surface area contributed by atoms with Crippen LogP contribution in [0.3, 0.4) is 0 Å². The Labute approximate surface area is 140 Å².